The van der Waals surface area contributed by atoms with Gasteiger partial charge in [-0.1, -0.05) is 24.3 Å². The average Bonchev–Trinajstić information content (AvgIpc) is 2.90. The van der Waals surface area contributed by atoms with E-state index in [0.717, 1.165) is 5.56 Å². The third-order valence-corrected chi connectivity index (χ3v) is 2.85. The summed E-state index contributed by atoms with van der Waals surface area (Å²) >= 11 is 0. The predicted molar refractivity (Wildman–Crippen MR) is 71.6 cm³/mol. The molecule has 0 unspecified atom stereocenters. The van der Waals surface area contributed by atoms with Crippen molar-refractivity contribution in [2.45, 2.75) is 0 Å². The molecule has 3 aromatic rings. The first-order valence-electron chi connectivity index (χ1n) is 5.73. The lowest BCUT2D eigenvalue weighted by Gasteiger charge is -2.01. The molecule has 6 heteroatoms. The van der Waals surface area contributed by atoms with Crippen molar-refractivity contribution in [2.24, 2.45) is 0 Å². The molecule has 1 N–H and O–H groups in total. The number of benzene rings is 1. The highest BCUT2D eigenvalue weighted by Crippen LogP contribution is 2.21. The summed E-state index contributed by atoms with van der Waals surface area (Å²) in [6.07, 6.45) is 4.67. The summed E-state index contributed by atoms with van der Waals surface area (Å²) < 4.78 is 1.62. The summed E-state index contributed by atoms with van der Waals surface area (Å²) in [7, 11) is 0. The van der Waals surface area contributed by atoms with Gasteiger partial charge in [0, 0.05) is 12.4 Å². The SMILES string of the molecule is [C-]#[N+]c1ccc(-c2cn3cc(C(=O)O)nc3cn2)cc1. The number of carbonyl (C=O) groups is 1. The monoisotopic (exact) mass is 264 g/mol. The number of carboxylic acid groups (broad SMARTS) is 1. The summed E-state index contributed by atoms with van der Waals surface area (Å²) in [5, 5.41) is 8.91. The molecular formula is C14H8N4O2. The number of aromatic carboxylic acids is 1. The largest absolute Gasteiger partial charge is 0.476 e. The van der Waals surface area contributed by atoms with E-state index in [-0.39, 0.29) is 5.69 Å². The molecular weight excluding hydrogens is 256 g/mol. The molecule has 0 spiro atoms. The van der Waals surface area contributed by atoms with Crippen molar-refractivity contribution in [1.82, 2.24) is 14.4 Å². The normalized spacial score (nSPS) is 10.3. The minimum absolute atomic E-state index is 0.0210. The first-order chi connectivity index (χ1) is 9.67. The second kappa shape index (κ2) is 4.48. The zero-order valence-electron chi connectivity index (χ0n) is 10.2. The van der Waals surface area contributed by atoms with Gasteiger partial charge in [0.1, 0.15) is 0 Å². The van der Waals surface area contributed by atoms with Gasteiger partial charge < -0.3 is 9.51 Å². The van der Waals surface area contributed by atoms with Gasteiger partial charge in [0.2, 0.25) is 0 Å². The fraction of sp³-hybridized carbons (Fsp3) is 0. The van der Waals surface area contributed by atoms with Crippen molar-refractivity contribution in [1.29, 1.82) is 0 Å². The Balaban J connectivity index is 2.07. The highest BCUT2D eigenvalue weighted by atomic mass is 16.4. The van der Waals surface area contributed by atoms with E-state index in [0.29, 0.717) is 17.0 Å². The first kappa shape index (κ1) is 11.9. The molecule has 0 amide bonds. The van der Waals surface area contributed by atoms with Crippen molar-refractivity contribution in [3.05, 3.63) is 60.0 Å². The molecule has 0 saturated carbocycles. The van der Waals surface area contributed by atoms with Crippen LogP contribution in [0.15, 0.2) is 42.9 Å². The van der Waals surface area contributed by atoms with Gasteiger partial charge in [-0.2, -0.15) is 0 Å². The highest BCUT2D eigenvalue weighted by molar-refractivity contribution is 5.86. The van der Waals surface area contributed by atoms with Crippen LogP contribution < -0.4 is 0 Å². The second-order valence-corrected chi connectivity index (χ2v) is 4.13. The highest BCUT2D eigenvalue weighted by Gasteiger charge is 2.09. The Labute approximate surface area is 113 Å². The van der Waals surface area contributed by atoms with Gasteiger partial charge in [0.15, 0.2) is 17.0 Å². The van der Waals surface area contributed by atoms with E-state index in [1.165, 1.54) is 12.4 Å². The summed E-state index contributed by atoms with van der Waals surface area (Å²) in [6, 6.07) is 7.03. The van der Waals surface area contributed by atoms with Gasteiger partial charge in [-0.3, -0.25) is 4.98 Å². The minimum atomic E-state index is -1.07. The van der Waals surface area contributed by atoms with Gasteiger partial charge in [-0.15, -0.1) is 0 Å². The zero-order chi connectivity index (χ0) is 14.1. The third-order valence-electron chi connectivity index (χ3n) is 2.85. The molecule has 0 bridgehead atoms. The van der Waals surface area contributed by atoms with E-state index in [1.54, 1.807) is 34.9 Å². The Hall–Kier alpha value is -3.20. The zero-order valence-corrected chi connectivity index (χ0v) is 10.2. The van der Waals surface area contributed by atoms with Gasteiger partial charge in [0.25, 0.3) is 0 Å². The summed E-state index contributed by atoms with van der Waals surface area (Å²) in [5.41, 5.74) is 2.55. The minimum Gasteiger partial charge on any atom is -0.476 e. The maximum Gasteiger partial charge on any atom is 0.356 e. The Morgan fingerprint density at radius 3 is 2.65 bits per heavy atom. The van der Waals surface area contributed by atoms with Crippen molar-refractivity contribution < 1.29 is 9.90 Å². The maximum absolute atomic E-state index is 10.9. The number of imidazole rings is 1. The Bertz CT molecular complexity index is 844. The van der Waals surface area contributed by atoms with Crippen molar-refractivity contribution in [2.75, 3.05) is 0 Å². The molecule has 0 aliphatic rings. The number of fused-ring (bicyclic) bond motifs is 1. The van der Waals surface area contributed by atoms with Crippen LogP contribution in [0.25, 0.3) is 21.7 Å². The number of hydrogen-bond acceptors (Lipinski definition) is 3. The Morgan fingerprint density at radius 1 is 1.25 bits per heavy atom. The maximum atomic E-state index is 10.9. The fourth-order valence-corrected chi connectivity index (χ4v) is 1.86. The van der Waals surface area contributed by atoms with Crippen LogP contribution in [0.5, 0.6) is 0 Å². The average molecular weight is 264 g/mol. The van der Waals surface area contributed by atoms with Crippen LogP contribution in [-0.2, 0) is 0 Å². The fourth-order valence-electron chi connectivity index (χ4n) is 1.86. The molecule has 1 aromatic carbocycles. The van der Waals surface area contributed by atoms with E-state index in [9.17, 15) is 4.79 Å². The molecule has 0 saturated heterocycles. The third kappa shape index (κ3) is 1.97. The van der Waals surface area contributed by atoms with E-state index < -0.39 is 5.97 Å². The van der Waals surface area contributed by atoms with E-state index in [1.807, 2.05) is 0 Å². The lowest BCUT2D eigenvalue weighted by atomic mass is 10.1. The Morgan fingerprint density at radius 2 is 2.00 bits per heavy atom. The molecule has 0 aliphatic heterocycles. The van der Waals surface area contributed by atoms with E-state index >= 15 is 0 Å². The van der Waals surface area contributed by atoms with Crippen LogP contribution in [0.3, 0.4) is 0 Å². The molecule has 0 fully saturated rings. The topological polar surface area (TPSA) is 71.8 Å². The predicted octanol–water partition coefficient (Wildman–Crippen LogP) is 2.65. The lowest BCUT2D eigenvalue weighted by molar-refractivity contribution is 0.0691. The Kier molecular flexibility index (Phi) is 2.66. The molecule has 0 radical (unpaired) electrons. The number of aromatic nitrogens is 3. The van der Waals surface area contributed by atoms with Gasteiger partial charge in [-0.05, 0) is 5.56 Å². The van der Waals surface area contributed by atoms with Crippen LogP contribution in [0.2, 0.25) is 0 Å². The molecule has 3 rings (SSSR count). The standard InChI is InChI=1S/C14H8N4O2/c1-15-10-4-2-9(3-5-10)11-7-18-8-12(14(19)20)17-13(18)6-16-11/h2-8H,(H,19,20). The molecule has 2 heterocycles. The van der Waals surface area contributed by atoms with Crippen LogP contribution in [0.4, 0.5) is 5.69 Å². The van der Waals surface area contributed by atoms with Gasteiger partial charge >= 0.3 is 5.97 Å². The summed E-state index contributed by atoms with van der Waals surface area (Å²) in [4.78, 5) is 22.4. The van der Waals surface area contributed by atoms with E-state index in [4.69, 9.17) is 11.7 Å². The summed E-state index contributed by atoms with van der Waals surface area (Å²) in [5.74, 6) is -1.07. The number of hydrogen-bond donors (Lipinski definition) is 1. The van der Waals surface area contributed by atoms with Gasteiger partial charge in [-0.25, -0.2) is 14.6 Å². The van der Waals surface area contributed by atoms with Crippen molar-refractivity contribution >= 4 is 17.3 Å². The molecule has 0 aliphatic carbocycles. The van der Waals surface area contributed by atoms with Crippen molar-refractivity contribution in [3.63, 3.8) is 0 Å². The number of carboxylic acids is 1. The first-order valence-corrected chi connectivity index (χ1v) is 5.73. The number of nitrogens with zero attached hydrogens (tertiary/aromatic N) is 4. The van der Waals surface area contributed by atoms with Crippen molar-refractivity contribution in [3.8, 4) is 11.3 Å². The van der Waals surface area contributed by atoms with Crippen LogP contribution >= 0.6 is 0 Å². The molecule has 96 valence electrons. The molecule has 0 atom stereocenters. The number of rotatable bonds is 2. The van der Waals surface area contributed by atoms with Crippen LogP contribution in [-0.4, -0.2) is 25.4 Å². The molecule has 6 nitrogen and oxygen atoms in total. The summed E-state index contributed by atoms with van der Waals surface area (Å²) in [6.45, 7) is 6.91. The van der Waals surface area contributed by atoms with Crippen LogP contribution in [0, 0.1) is 6.57 Å². The molecule has 2 aromatic heterocycles. The quantitative estimate of drug-likeness (QED) is 0.722. The van der Waals surface area contributed by atoms with Crippen LogP contribution in [0.1, 0.15) is 10.5 Å². The van der Waals surface area contributed by atoms with E-state index in [2.05, 4.69) is 14.8 Å². The smallest absolute Gasteiger partial charge is 0.356 e. The molecule has 20 heavy (non-hydrogen) atoms. The van der Waals surface area contributed by atoms with Gasteiger partial charge in [0.05, 0.1) is 18.5 Å². The second-order valence-electron chi connectivity index (χ2n) is 4.13. The lowest BCUT2D eigenvalue weighted by Crippen LogP contribution is -1.94.